The van der Waals surface area contributed by atoms with Crippen molar-refractivity contribution in [2.24, 2.45) is 11.7 Å². The number of carbonyl (C=O) groups excluding carboxylic acids is 1. The molecule has 1 amide bonds. The zero-order chi connectivity index (χ0) is 14.9. The van der Waals surface area contributed by atoms with Crippen LogP contribution in [-0.4, -0.2) is 22.1 Å². The van der Waals surface area contributed by atoms with Crippen LogP contribution in [0.25, 0.3) is 10.8 Å². The molecule has 7 nitrogen and oxygen atoms in total. The maximum absolute atomic E-state index is 12.0. The number of hydrogen-bond donors (Lipinski definition) is 4. The molecule has 0 saturated heterocycles. The number of fused-ring (bicyclic) bond motifs is 1. The topological polar surface area (TPSA) is 121 Å². The van der Waals surface area contributed by atoms with Crippen molar-refractivity contribution in [1.82, 2.24) is 10.2 Å². The Morgan fingerprint density at radius 1 is 1.20 bits per heavy atom. The number of carbonyl (C=O) groups is 1. The van der Waals surface area contributed by atoms with Crippen LogP contribution in [0.3, 0.4) is 0 Å². The zero-order valence-corrected chi connectivity index (χ0v) is 11.2. The first-order valence-corrected chi connectivity index (χ1v) is 6.22. The van der Waals surface area contributed by atoms with Crippen molar-refractivity contribution >= 4 is 22.4 Å². The van der Waals surface area contributed by atoms with Crippen LogP contribution in [0.2, 0.25) is 0 Å². The third-order valence-corrected chi connectivity index (χ3v) is 3.10. The molecule has 0 radical (unpaired) electrons. The number of aromatic amines is 2. The Labute approximate surface area is 114 Å². The van der Waals surface area contributed by atoms with Crippen molar-refractivity contribution in [3.8, 4) is 0 Å². The SMILES string of the molecule is CC(C)[C@@H](N)C(=O)Nc1cccc2c(=O)[nH][nH]c(=O)c12. The lowest BCUT2D eigenvalue weighted by Crippen LogP contribution is -2.40. The second kappa shape index (κ2) is 5.30. The van der Waals surface area contributed by atoms with Crippen LogP contribution in [0.5, 0.6) is 0 Å². The van der Waals surface area contributed by atoms with E-state index in [2.05, 4.69) is 15.5 Å². The standard InChI is InChI=1S/C13H16N4O3/c1-6(2)10(14)13(20)15-8-5-3-4-7-9(8)12(19)17-16-11(7)18/h3-6,10H,14H2,1-2H3,(H,15,20)(H,16,18)(H,17,19)/t10-/m1/s1. The molecular formula is C13H16N4O3. The summed E-state index contributed by atoms with van der Waals surface area (Å²) in [5, 5.41) is 7.42. The highest BCUT2D eigenvalue weighted by molar-refractivity contribution is 6.03. The van der Waals surface area contributed by atoms with E-state index in [1.54, 1.807) is 12.1 Å². The Bertz CT molecular complexity index is 760. The Balaban J connectivity index is 2.51. The fourth-order valence-corrected chi connectivity index (χ4v) is 1.85. The van der Waals surface area contributed by atoms with Gasteiger partial charge in [-0.3, -0.25) is 24.6 Å². The summed E-state index contributed by atoms with van der Waals surface area (Å²) in [6, 6.07) is 3.98. The summed E-state index contributed by atoms with van der Waals surface area (Å²) in [6.45, 7) is 3.65. The van der Waals surface area contributed by atoms with Gasteiger partial charge in [0.2, 0.25) is 5.91 Å². The molecule has 0 spiro atoms. The van der Waals surface area contributed by atoms with Gasteiger partial charge in [0.15, 0.2) is 0 Å². The highest BCUT2D eigenvalue weighted by atomic mass is 16.2. The fourth-order valence-electron chi connectivity index (χ4n) is 1.85. The summed E-state index contributed by atoms with van der Waals surface area (Å²) in [4.78, 5) is 35.4. The number of H-pyrrole nitrogens is 2. The molecule has 1 aromatic carbocycles. The Morgan fingerprint density at radius 2 is 1.85 bits per heavy atom. The van der Waals surface area contributed by atoms with E-state index in [-0.39, 0.29) is 22.4 Å². The molecule has 1 aromatic heterocycles. The van der Waals surface area contributed by atoms with E-state index in [1.807, 2.05) is 13.8 Å². The van der Waals surface area contributed by atoms with Crippen LogP contribution in [0.1, 0.15) is 13.8 Å². The van der Waals surface area contributed by atoms with Gasteiger partial charge in [0.1, 0.15) is 0 Å². The molecule has 106 valence electrons. The van der Waals surface area contributed by atoms with Crippen LogP contribution in [0, 0.1) is 5.92 Å². The van der Waals surface area contributed by atoms with Gasteiger partial charge in [0.25, 0.3) is 11.1 Å². The molecular weight excluding hydrogens is 260 g/mol. The second-order valence-corrected chi connectivity index (χ2v) is 4.90. The number of amides is 1. The summed E-state index contributed by atoms with van der Waals surface area (Å²) >= 11 is 0. The average Bonchev–Trinajstić information content (AvgIpc) is 2.42. The first-order chi connectivity index (χ1) is 9.41. The monoisotopic (exact) mass is 276 g/mol. The summed E-state index contributed by atoms with van der Waals surface area (Å²) in [7, 11) is 0. The van der Waals surface area contributed by atoms with Crippen LogP contribution in [-0.2, 0) is 4.79 Å². The quantitative estimate of drug-likeness (QED) is 0.637. The van der Waals surface area contributed by atoms with E-state index >= 15 is 0 Å². The minimum atomic E-state index is -0.689. The largest absolute Gasteiger partial charge is 0.324 e. The lowest BCUT2D eigenvalue weighted by atomic mass is 10.0. The smallest absolute Gasteiger partial charge is 0.272 e. The van der Waals surface area contributed by atoms with Gasteiger partial charge in [-0.05, 0) is 18.1 Å². The molecule has 0 unspecified atom stereocenters. The molecule has 0 saturated carbocycles. The molecule has 5 N–H and O–H groups in total. The van der Waals surface area contributed by atoms with Crippen LogP contribution in [0.15, 0.2) is 27.8 Å². The number of nitrogens with one attached hydrogen (secondary N) is 3. The van der Waals surface area contributed by atoms with Crippen molar-refractivity contribution < 1.29 is 4.79 Å². The van der Waals surface area contributed by atoms with Crippen LogP contribution in [0.4, 0.5) is 5.69 Å². The molecule has 2 aromatic rings. The number of aromatic nitrogens is 2. The summed E-state index contributed by atoms with van der Waals surface area (Å²) in [5.74, 6) is -0.432. The Hall–Kier alpha value is -2.41. The predicted octanol–water partition coefficient (Wildman–Crippen LogP) is 0.138. The number of nitrogens with two attached hydrogens (primary N) is 1. The maximum atomic E-state index is 12.0. The van der Waals surface area contributed by atoms with E-state index in [9.17, 15) is 14.4 Å². The first-order valence-electron chi connectivity index (χ1n) is 6.22. The van der Waals surface area contributed by atoms with Gasteiger partial charge in [-0.15, -0.1) is 0 Å². The third-order valence-electron chi connectivity index (χ3n) is 3.10. The normalized spacial score (nSPS) is 12.6. The van der Waals surface area contributed by atoms with Crippen molar-refractivity contribution in [2.45, 2.75) is 19.9 Å². The van der Waals surface area contributed by atoms with Gasteiger partial charge >= 0.3 is 0 Å². The molecule has 0 bridgehead atoms. The molecule has 1 atom stereocenters. The minimum Gasteiger partial charge on any atom is -0.324 e. The van der Waals surface area contributed by atoms with Gasteiger partial charge in [0, 0.05) is 0 Å². The summed E-state index contributed by atoms with van der Waals surface area (Å²) in [6.07, 6.45) is 0. The van der Waals surface area contributed by atoms with Gasteiger partial charge < -0.3 is 11.1 Å². The number of rotatable bonds is 3. The van der Waals surface area contributed by atoms with Crippen molar-refractivity contribution in [2.75, 3.05) is 5.32 Å². The Morgan fingerprint density at radius 3 is 2.50 bits per heavy atom. The molecule has 0 aliphatic rings. The summed E-state index contributed by atoms with van der Waals surface area (Å²) < 4.78 is 0. The van der Waals surface area contributed by atoms with E-state index in [0.717, 1.165) is 0 Å². The average molecular weight is 276 g/mol. The van der Waals surface area contributed by atoms with Crippen molar-refractivity contribution in [3.05, 3.63) is 38.9 Å². The predicted molar refractivity (Wildman–Crippen MR) is 76.6 cm³/mol. The van der Waals surface area contributed by atoms with Crippen molar-refractivity contribution in [1.29, 1.82) is 0 Å². The molecule has 0 fully saturated rings. The van der Waals surface area contributed by atoms with Gasteiger partial charge in [-0.1, -0.05) is 19.9 Å². The molecule has 20 heavy (non-hydrogen) atoms. The number of hydrogen-bond acceptors (Lipinski definition) is 4. The highest BCUT2D eigenvalue weighted by Gasteiger charge is 2.18. The van der Waals surface area contributed by atoms with E-state index < -0.39 is 23.1 Å². The van der Waals surface area contributed by atoms with Gasteiger partial charge in [0.05, 0.1) is 22.5 Å². The van der Waals surface area contributed by atoms with Crippen LogP contribution >= 0.6 is 0 Å². The lowest BCUT2D eigenvalue weighted by Gasteiger charge is -2.15. The van der Waals surface area contributed by atoms with E-state index in [1.165, 1.54) is 6.07 Å². The summed E-state index contributed by atoms with van der Waals surface area (Å²) in [5.41, 5.74) is 5.12. The number of anilines is 1. The van der Waals surface area contributed by atoms with Gasteiger partial charge in [-0.25, -0.2) is 0 Å². The molecule has 2 rings (SSSR count). The van der Waals surface area contributed by atoms with Crippen molar-refractivity contribution in [3.63, 3.8) is 0 Å². The Kier molecular flexibility index (Phi) is 3.71. The molecule has 1 heterocycles. The van der Waals surface area contributed by atoms with E-state index in [0.29, 0.717) is 0 Å². The van der Waals surface area contributed by atoms with Crippen LogP contribution < -0.4 is 22.2 Å². The third kappa shape index (κ3) is 2.48. The zero-order valence-electron chi connectivity index (χ0n) is 11.2. The molecule has 0 aliphatic carbocycles. The number of benzene rings is 1. The van der Waals surface area contributed by atoms with E-state index in [4.69, 9.17) is 5.73 Å². The molecule has 0 aliphatic heterocycles. The fraction of sp³-hybridized carbons (Fsp3) is 0.308. The lowest BCUT2D eigenvalue weighted by molar-refractivity contribution is -0.118. The first kappa shape index (κ1) is 14.0. The highest BCUT2D eigenvalue weighted by Crippen LogP contribution is 2.17. The van der Waals surface area contributed by atoms with Gasteiger partial charge in [-0.2, -0.15) is 0 Å². The minimum absolute atomic E-state index is 0.0355. The molecule has 7 heteroatoms. The maximum Gasteiger partial charge on any atom is 0.272 e. The second-order valence-electron chi connectivity index (χ2n) is 4.90.